The standard InChI is InChI=1S/C12H9N3OS/c1-16-10-3-2-8(7-13)6-9(10)11-12(17)15-5-4-14-11/h2-6H,1H3,(H,15,17). The zero-order chi connectivity index (χ0) is 12.3. The Morgan fingerprint density at radius 1 is 1.47 bits per heavy atom. The van der Waals surface area contributed by atoms with Gasteiger partial charge in [-0.1, -0.05) is 12.2 Å². The van der Waals surface area contributed by atoms with Crippen LogP contribution in [0.1, 0.15) is 5.56 Å². The van der Waals surface area contributed by atoms with Crippen molar-refractivity contribution in [3.05, 3.63) is 40.8 Å². The fourth-order valence-electron chi connectivity index (χ4n) is 1.51. The molecule has 0 aliphatic heterocycles. The topological polar surface area (TPSA) is 61.7 Å². The Bertz CT molecular complexity index is 643. The summed E-state index contributed by atoms with van der Waals surface area (Å²) in [6.07, 6.45) is 3.27. The average Bonchev–Trinajstić information content (AvgIpc) is 2.38. The number of nitriles is 1. The molecule has 0 unspecified atom stereocenters. The van der Waals surface area contributed by atoms with Crippen LogP contribution in [-0.4, -0.2) is 17.1 Å². The summed E-state index contributed by atoms with van der Waals surface area (Å²) < 4.78 is 5.76. The van der Waals surface area contributed by atoms with Crippen LogP contribution in [-0.2, 0) is 0 Å². The molecule has 17 heavy (non-hydrogen) atoms. The number of aromatic amines is 1. The molecule has 0 spiro atoms. The Balaban J connectivity index is 2.70. The Morgan fingerprint density at radius 3 is 2.94 bits per heavy atom. The number of rotatable bonds is 2. The van der Waals surface area contributed by atoms with Gasteiger partial charge in [-0.2, -0.15) is 5.26 Å². The summed E-state index contributed by atoms with van der Waals surface area (Å²) in [4.78, 5) is 7.11. The number of ether oxygens (including phenoxy) is 1. The molecule has 0 saturated carbocycles. The molecule has 2 aromatic rings. The highest BCUT2D eigenvalue weighted by Gasteiger charge is 2.09. The number of hydrogen-bond donors (Lipinski definition) is 1. The lowest BCUT2D eigenvalue weighted by Gasteiger charge is -2.07. The maximum Gasteiger partial charge on any atom is 0.130 e. The molecule has 0 amide bonds. The lowest BCUT2D eigenvalue weighted by molar-refractivity contribution is 0.416. The van der Waals surface area contributed by atoms with Crippen LogP contribution in [0.25, 0.3) is 11.3 Å². The Labute approximate surface area is 104 Å². The van der Waals surface area contributed by atoms with Gasteiger partial charge in [-0.15, -0.1) is 0 Å². The molecule has 0 bridgehead atoms. The van der Waals surface area contributed by atoms with Gasteiger partial charge in [0.2, 0.25) is 0 Å². The van der Waals surface area contributed by atoms with Crippen molar-refractivity contribution in [2.24, 2.45) is 0 Å². The van der Waals surface area contributed by atoms with E-state index in [2.05, 4.69) is 16.0 Å². The maximum atomic E-state index is 8.90. The molecule has 0 saturated heterocycles. The van der Waals surface area contributed by atoms with E-state index in [0.29, 0.717) is 27.2 Å². The number of H-pyrrole nitrogens is 1. The SMILES string of the molecule is COc1ccc(C#N)cc1-c1ncc[nH]c1=S. The van der Waals surface area contributed by atoms with Gasteiger partial charge in [0.25, 0.3) is 0 Å². The van der Waals surface area contributed by atoms with E-state index in [1.807, 2.05) is 0 Å². The summed E-state index contributed by atoms with van der Waals surface area (Å²) >= 11 is 5.16. The minimum absolute atomic E-state index is 0.515. The van der Waals surface area contributed by atoms with Crippen molar-refractivity contribution in [3.63, 3.8) is 0 Å². The smallest absolute Gasteiger partial charge is 0.130 e. The highest BCUT2D eigenvalue weighted by molar-refractivity contribution is 7.71. The highest BCUT2D eigenvalue weighted by Crippen LogP contribution is 2.29. The van der Waals surface area contributed by atoms with Gasteiger partial charge in [0.1, 0.15) is 16.1 Å². The normalized spacial score (nSPS) is 9.65. The number of benzene rings is 1. The van der Waals surface area contributed by atoms with Crippen LogP contribution in [0.2, 0.25) is 0 Å². The van der Waals surface area contributed by atoms with Crippen LogP contribution in [0.3, 0.4) is 0 Å². The number of nitrogens with one attached hydrogen (secondary N) is 1. The first-order chi connectivity index (χ1) is 8.26. The summed E-state index contributed by atoms with van der Waals surface area (Å²) in [5, 5.41) is 8.90. The Kier molecular flexibility index (Phi) is 3.17. The molecule has 84 valence electrons. The summed E-state index contributed by atoms with van der Waals surface area (Å²) in [6, 6.07) is 7.22. The maximum absolute atomic E-state index is 8.90. The van der Waals surface area contributed by atoms with Gasteiger partial charge in [-0.05, 0) is 18.2 Å². The van der Waals surface area contributed by atoms with Crippen LogP contribution in [0, 0.1) is 16.0 Å². The summed E-state index contributed by atoms with van der Waals surface area (Å²) in [6.45, 7) is 0. The van der Waals surface area contributed by atoms with Gasteiger partial charge in [0.15, 0.2) is 0 Å². The zero-order valence-corrected chi connectivity index (χ0v) is 9.91. The van der Waals surface area contributed by atoms with Crippen molar-refractivity contribution in [2.75, 3.05) is 7.11 Å². The quantitative estimate of drug-likeness (QED) is 0.824. The number of nitrogens with zero attached hydrogens (tertiary/aromatic N) is 2. The lowest BCUT2D eigenvalue weighted by Crippen LogP contribution is -1.93. The minimum Gasteiger partial charge on any atom is -0.496 e. The van der Waals surface area contributed by atoms with E-state index < -0.39 is 0 Å². The molecule has 0 radical (unpaired) electrons. The van der Waals surface area contributed by atoms with Crippen LogP contribution < -0.4 is 4.74 Å². The minimum atomic E-state index is 0.515. The zero-order valence-electron chi connectivity index (χ0n) is 9.10. The average molecular weight is 243 g/mol. The monoisotopic (exact) mass is 243 g/mol. The predicted molar refractivity (Wildman–Crippen MR) is 66.1 cm³/mol. The van der Waals surface area contributed by atoms with Gasteiger partial charge in [-0.3, -0.25) is 4.98 Å². The van der Waals surface area contributed by atoms with Crippen molar-refractivity contribution in [2.45, 2.75) is 0 Å². The fraction of sp³-hybridized carbons (Fsp3) is 0.0833. The molecular weight excluding hydrogens is 234 g/mol. The molecule has 1 aromatic heterocycles. The first-order valence-corrected chi connectivity index (χ1v) is 5.29. The Morgan fingerprint density at radius 2 is 2.29 bits per heavy atom. The van der Waals surface area contributed by atoms with Gasteiger partial charge in [0, 0.05) is 18.0 Å². The van der Waals surface area contributed by atoms with E-state index >= 15 is 0 Å². The molecule has 1 aromatic carbocycles. The number of methoxy groups -OCH3 is 1. The fourth-order valence-corrected chi connectivity index (χ4v) is 1.74. The first-order valence-electron chi connectivity index (χ1n) is 4.88. The first kappa shape index (κ1) is 11.3. The molecule has 4 nitrogen and oxygen atoms in total. The third-order valence-corrected chi connectivity index (χ3v) is 2.60. The second kappa shape index (κ2) is 4.76. The molecule has 0 atom stereocenters. The van der Waals surface area contributed by atoms with E-state index in [1.165, 1.54) is 0 Å². The molecular formula is C12H9N3OS. The molecule has 0 fully saturated rings. The molecule has 1 heterocycles. The van der Waals surface area contributed by atoms with Crippen LogP contribution in [0.5, 0.6) is 5.75 Å². The molecule has 1 N–H and O–H groups in total. The van der Waals surface area contributed by atoms with E-state index in [0.717, 1.165) is 0 Å². The molecule has 0 aliphatic rings. The number of hydrogen-bond acceptors (Lipinski definition) is 4. The van der Waals surface area contributed by atoms with Crippen LogP contribution in [0.4, 0.5) is 0 Å². The third kappa shape index (κ3) is 2.17. The van der Waals surface area contributed by atoms with E-state index in [1.54, 1.807) is 37.7 Å². The van der Waals surface area contributed by atoms with Crippen molar-refractivity contribution < 1.29 is 4.74 Å². The molecule has 0 aliphatic carbocycles. The van der Waals surface area contributed by atoms with Gasteiger partial charge < -0.3 is 9.72 Å². The van der Waals surface area contributed by atoms with Gasteiger partial charge in [0.05, 0.1) is 18.7 Å². The Hall–Kier alpha value is -2.19. The van der Waals surface area contributed by atoms with Crippen molar-refractivity contribution in [3.8, 4) is 23.1 Å². The van der Waals surface area contributed by atoms with E-state index in [4.69, 9.17) is 22.2 Å². The molecule has 5 heteroatoms. The summed E-state index contributed by atoms with van der Waals surface area (Å²) in [5.74, 6) is 0.641. The summed E-state index contributed by atoms with van der Waals surface area (Å²) in [5.41, 5.74) is 1.87. The van der Waals surface area contributed by atoms with Crippen molar-refractivity contribution >= 4 is 12.2 Å². The highest BCUT2D eigenvalue weighted by atomic mass is 32.1. The predicted octanol–water partition coefficient (Wildman–Crippen LogP) is 2.69. The van der Waals surface area contributed by atoms with Gasteiger partial charge in [-0.25, -0.2) is 0 Å². The van der Waals surface area contributed by atoms with E-state index in [-0.39, 0.29) is 0 Å². The second-order valence-corrected chi connectivity index (χ2v) is 3.70. The van der Waals surface area contributed by atoms with Crippen LogP contribution in [0.15, 0.2) is 30.6 Å². The molecule has 2 rings (SSSR count). The van der Waals surface area contributed by atoms with Crippen molar-refractivity contribution in [1.29, 1.82) is 5.26 Å². The summed E-state index contributed by atoms with van der Waals surface area (Å²) in [7, 11) is 1.57. The van der Waals surface area contributed by atoms with Crippen LogP contribution >= 0.6 is 12.2 Å². The third-order valence-electron chi connectivity index (χ3n) is 2.29. The van der Waals surface area contributed by atoms with E-state index in [9.17, 15) is 0 Å². The number of aromatic nitrogens is 2. The van der Waals surface area contributed by atoms with Gasteiger partial charge >= 0.3 is 0 Å². The van der Waals surface area contributed by atoms with Crippen molar-refractivity contribution in [1.82, 2.24) is 9.97 Å². The second-order valence-electron chi connectivity index (χ2n) is 3.29. The largest absolute Gasteiger partial charge is 0.496 e. The lowest BCUT2D eigenvalue weighted by atomic mass is 10.1.